The van der Waals surface area contributed by atoms with E-state index in [-0.39, 0.29) is 23.5 Å². The third kappa shape index (κ3) is 6.08. The monoisotopic (exact) mass is 388 g/mol. The van der Waals surface area contributed by atoms with Gasteiger partial charge in [-0.3, -0.25) is 14.4 Å². The summed E-state index contributed by atoms with van der Waals surface area (Å²) < 4.78 is 5.13. The van der Waals surface area contributed by atoms with Crippen molar-refractivity contribution in [2.75, 3.05) is 26.7 Å². The fourth-order valence-corrected chi connectivity index (χ4v) is 3.25. The highest BCUT2D eigenvalue weighted by Gasteiger charge is 2.28. The van der Waals surface area contributed by atoms with Crippen molar-refractivity contribution in [2.45, 2.75) is 46.5 Å². The van der Waals surface area contributed by atoms with Gasteiger partial charge in [-0.05, 0) is 43.5 Å². The maximum atomic E-state index is 12.6. The van der Waals surface area contributed by atoms with Crippen molar-refractivity contribution < 1.29 is 19.1 Å². The molecule has 28 heavy (non-hydrogen) atoms. The number of nitrogens with one attached hydrogen (secondary N) is 1. The summed E-state index contributed by atoms with van der Waals surface area (Å²) in [6.07, 6.45) is 2.43. The van der Waals surface area contributed by atoms with Crippen molar-refractivity contribution in [3.63, 3.8) is 0 Å². The van der Waals surface area contributed by atoms with Crippen molar-refractivity contribution in [2.24, 2.45) is 11.3 Å². The quantitative estimate of drug-likeness (QED) is 0.575. The lowest BCUT2D eigenvalue weighted by molar-refractivity contribution is -0.133. The molecule has 1 aliphatic heterocycles. The molecule has 1 aliphatic rings. The number of Topliss-reactive ketones (excluding diaryl/α,β-unsaturated/α-hetero) is 1. The van der Waals surface area contributed by atoms with E-state index in [2.05, 4.69) is 5.32 Å². The number of carbonyl (C=O) groups is 3. The summed E-state index contributed by atoms with van der Waals surface area (Å²) in [5.41, 5.74) is 0.280. The molecule has 1 fully saturated rings. The first-order valence-corrected chi connectivity index (χ1v) is 9.96. The van der Waals surface area contributed by atoms with E-state index in [4.69, 9.17) is 4.74 Å². The van der Waals surface area contributed by atoms with Crippen LogP contribution in [0.3, 0.4) is 0 Å². The second-order valence-corrected chi connectivity index (χ2v) is 8.36. The van der Waals surface area contributed by atoms with Crippen molar-refractivity contribution in [1.29, 1.82) is 0 Å². The fraction of sp³-hybridized carbons (Fsp3) is 0.591. The molecule has 0 radical (unpaired) electrons. The molecule has 1 saturated heterocycles. The molecule has 1 aromatic carbocycles. The summed E-state index contributed by atoms with van der Waals surface area (Å²) >= 11 is 0. The van der Waals surface area contributed by atoms with E-state index in [1.807, 2.05) is 25.7 Å². The molecule has 2 amide bonds. The Labute approximate surface area is 167 Å². The molecule has 0 aliphatic carbocycles. The lowest BCUT2D eigenvalue weighted by Gasteiger charge is -2.31. The van der Waals surface area contributed by atoms with Crippen LogP contribution in [0, 0.1) is 11.3 Å². The number of rotatable bonds is 7. The zero-order valence-corrected chi connectivity index (χ0v) is 17.4. The maximum absolute atomic E-state index is 12.6. The topological polar surface area (TPSA) is 75.7 Å². The average Bonchev–Trinajstić information content (AvgIpc) is 2.69. The van der Waals surface area contributed by atoms with Crippen LogP contribution in [0.4, 0.5) is 0 Å². The first kappa shape index (κ1) is 21.9. The first-order chi connectivity index (χ1) is 13.2. The van der Waals surface area contributed by atoms with Crippen molar-refractivity contribution in [1.82, 2.24) is 10.2 Å². The Bertz CT molecular complexity index is 683. The van der Waals surface area contributed by atoms with Crippen LogP contribution in [-0.4, -0.2) is 49.2 Å². The molecular weight excluding hydrogens is 356 g/mol. The summed E-state index contributed by atoms with van der Waals surface area (Å²) in [4.78, 5) is 38.7. The maximum Gasteiger partial charge on any atom is 0.225 e. The van der Waals surface area contributed by atoms with Gasteiger partial charge in [-0.25, -0.2) is 0 Å². The number of nitrogens with zero attached hydrogens (tertiary/aromatic N) is 1. The summed E-state index contributed by atoms with van der Waals surface area (Å²) in [6, 6.07) is 7.18. The van der Waals surface area contributed by atoms with Crippen molar-refractivity contribution in [3.05, 3.63) is 29.8 Å². The van der Waals surface area contributed by atoms with Gasteiger partial charge in [-0.1, -0.05) is 20.8 Å². The summed E-state index contributed by atoms with van der Waals surface area (Å²) in [5, 5.41) is 2.87. The molecule has 0 saturated carbocycles. The van der Waals surface area contributed by atoms with E-state index in [1.165, 1.54) is 0 Å². The van der Waals surface area contributed by atoms with Crippen LogP contribution in [0.1, 0.15) is 56.8 Å². The smallest absolute Gasteiger partial charge is 0.225 e. The predicted molar refractivity (Wildman–Crippen MR) is 108 cm³/mol. The number of hydrogen-bond donors (Lipinski definition) is 1. The van der Waals surface area contributed by atoms with E-state index in [0.717, 1.165) is 5.75 Å². The minimum atomic E-state index is -0.414. The number of ether oxygens (including phenoxy) is 1. The Morgan fingerprint density at radius 3 is 2.25 bits per heavy atom. The zero-order chi connectivity index (χ0) is 20.7. The van der Waals surface area contributed by atoms with Crippen LogP contribution in [0.15, 0.2) is 24.3 Å². The molecule has 2 rings (SSSR count). The van der Waals surface area contributed by atoms with Crippen LogP contribution < -0.4 is 10.1 Å². The largest absolute Gasteiger partial charge is 0.497 e. The molecule has 0 bridgehead atoms. The second-order valence-electron chi connectivity index (χ2n) is 8.36. The number of hydrogen-bond acceptors (Lipinski definition) is 4. The van der Waals surface area contributed by atoms with Gasteiger partial charge < -0.3 is 15.0 Å². The second kappa shape index (κ2) is 9.71. The van der Waals surface area contributed by atoms with Crippen LogP contribution in [0.25, 0.3) is 0 Å². The highest BCUT2D eigenvalue weighted by Crippen LogP contribution is 2.23. The number of amides is 2. The number of carbonyl (C=O) groups excluding carboxylic acids is 3. The van der Waals surface area contributed by atoms with Gasteiger partial charge in [0.05, 0.1) is 7.11 Å². The predicted octanol–water partition coefficient (Wildman–Crippen LogP) is 3.06. The molecule has 0 spiro atoms. The van der Waals surface area contributed by atoms with Gasteiger partial charge in [0.15, 0.2) is 5.78 Å². The van der Waals surface area contributed by atoms with E-state index in [9.17, 15) is 14.4 Å². The number of piperidine rings is 1. The molecule has 1 N–H and O–H groups in total. The van der Waals surface area contributed by atoms with Crippen LogP contribution in [0.2, 0.25) is 0 Å². The average molecular weight is 389 g/mol. The van der Waals surface area contributed by atoms with Gasteiger partial charge in [0.1, 0.15) is 5.75 Å². The molecule has 1 heterocycles. The van der Waals surface area contributed by atoms with E-state index in [1.54, 1.807) is 31.4 Å². The molecule has 6 heteroatoms. The van der Waals surface area contributed by atoms with Crippen LogP contribution in [-0.2, 0) is 9.59 Å². The van der Waals surface area contributed by atoms with Crippen LogP contribution in [0.5, 0.6) is 5.75 Å². The Hall–Kier alpha value is -2.37. The molecule has 6 nitrogen and oxygen atoms in total. The molecule has 154 valence electrons. The van der Waals surface area contributed by atoms with E-state index >= 15 is 0 Å². The Morgan fingerprint density at radius 2 is 1.71 bits per heavy atom. The number of benzene rings is 1. The normalized spacial score (nSPS) is 15.2. The minimum absolute atomic E-state index is 0.00203. The Balaban J connectivity index is 1.72. The van der Waals surface area contributed by atoms with Crippen LogP contribution >= 0.6 is 0 Å². The minimum Gasteiger partial charge on any atom is -0.497 e. The molecule has 0 unspecified atom stereocenters. The summed E-state index contributed by atoms with van der Waals surface area (Å²) in [6.45, 7) is 7.33. The number of likely N-dealkylation sites (tertiary alicyclic amines) is 1. The third-order valence-electron chi connectivity index (χ3n) is 5.13. The number of methoxy groups -OCH3 is 1. The van der Waals surface area contributed by atoms with Gasteiger partial charge in [0, 0.05) is 43.0 Å². The SMILES string of the molecule is COc1ccc(C(=O)C2CCN(C(=O)CCCNC(=O)C(C)(C)C)CC2)cc1. The fourth-order valence-electron chi connectivity index (χ4n) is 3.25. The molecular formula is C22H32N2O4. The molecule has 0 aromatic heterocycles. The summed E-state index contributed by atoms with van der Waals surface area (Å²) in [5.74, 6) is 0.928. The lowest BCUT2D eigenvalue weighted by Crippen LogP contribution is -2.40. The van der Waals surface area contributed by atoms with Crippen molar-refractivity contribution >= 4 is 17.6 Å². The van der Waals surface area contributed by atoms with Gasteiger partial charge in [-0.2, -0.15) is 0 Å². The van der Waals surface area contributed by atoms with E-state index in [0.29, 0.717) is 50.9 Å². The Kier molecular flexibility index (Phi) is 7.61. The van der Waals surface area contributed by atoms with Gasteiger partial charge in [0.25, 0.3) is 0 Å². The molecule has 0 atom stereocenters. The van der Waals surface area contributed by atoms with E-state index < -0.39 is 5.41 Å². The molecule has 1 aromatic rings. The standard InChI is InChI=1S/C22H32N2O4/c1-22(2,3)21(27)23-13-5-6-19(25)24-14-11-17(12-15-24)20(26)16-7-9-18(28-4)10-8-16/h7-10,17H,5-6,11-15H2,1-4H3,(H,23,27). The number of ketones is 1. The van der Waals surface area contributed by atoms with Gasteiger partial charge in [-0.15, -0.1) is 0 Å². The van der Waals surface area contributed by atoms with Crippen molar-refractivity contribution in [3.8, 4) is 5.75 Å². The summed E-state index contributed by atoms with van der Waals surface area (Å²) in [7, 11) is 1.60. The van der Waals surface area contributed by atoms with Gasteiger partial charge >= 0.3 is 0 Å². The van der Waals surface area contributed by atoms with Gasteiger partial charge in [0.2, 0.25) is 11.8 Å². The lowest BCUT2D eigenvalue weighted by atomic mass is 9.88. The highest BCUT2D eigenvalue weighted by atomic mass is 16.5. The zero-order valence-electron chi connectivity index (χ0n) is 17.4. The first-order valence-electron chi connectivity index (χ1n) is 9.96. The Morgan fingerprint density at radius 1 is 1.11 bits per heavy atom. The highest BCUT2D eigenvalue weighted by molar-refractivity contribution is 5.98. The third-order valence-corrected chi connectivity index (χ3v) is 5.13.